The predicted molar refractivity (Wildman–Crippen MR) is 265 cm³/mol. The Labute approximate surface area is 375 Å². The number of fused-ring (bicyclic) bond motifs is 3. The van der Waals surface area contributed by atoms with E-state index in [2.05, 4.69) is 189 Å². The molecule has 306 valence electrons. The first-order chi connectivity index (χ1) is 31.5. The van der Waals surface area contributed by atoms with Gasteiger partial charge in [-0.15, -0.1) is 0 Å². The van der Waals surface area contributed by atoms with Crippen LogP contribution in [0.2, 0.25) is 0 Å². The van der Waals surface area contributed by atoms with E-state index in [1.807, 2.05) is 60.7 Å². The van der Waals surface area contributed by atoms with E-state index in [9.17, 15) is 0 Å². The summed E-state index contributed by atoms with van der Waals surface area (Å²) in [5, 5.41) is 0. The highest BCUT2D eigenvalue weighted by molar-refractivity contribution is 5.89. The Hall–Kier alpha value is -7.95. The van der Waals surface area contributed by atoms with Crippen LogP contribution in [-0.4, -0.2) is 15.0 Å². The molecular formula is C60H46N4. The molecule has 0 radical (unpaired) electrons. The van der Waals surface area contributed by atoms with Gasteiger partial charge in [0.2, 0.25) is 0 Å². The number of hydrogen-bond acceptors (Lipinski definition) is 4. The summed E-state index contributed by atoms with van der Waals surface area (Å²) in [5.74, 6) is 2.47. The molecule has 2 atom stereocenters. The number of anilines is 3. The minimum atomic E-state index is -0.0976. The Morgan fingerprint density at radius 3 is 1.56 bits per heavy atom. The fourth-order valence-corrected chi connectivity index (χ4v) is 9.72. The van der Waals surface area contributed by atoms with Gasteiger partial charge in [0.1, 0.15) is 0 Å². The van der Waals surface area contributed by atoms with E-state index >= 15 is 0 Å². The lowest BCUT2D eigenvalue weighted by molar-refractivity contribution is 0.395. The van der Waals surface area contributed by atoms with Gasteiger partial charge in [0.05, 0.1) is 5.69 Å². The molecule has 0 saturated heterocycles. The molecule has 4 heteroatoms. The van der Waals surface area contributed by atoms with Gasteiger partial charge in [-0.3, -0.25) is 0 Å². The molecule has 8 aromatic carbocycles. The van der Waals surface area contributed by atoms with Crippen molar-refractivity contribution in [3.63, 3.8) is 0 Å². The Balaban J connectivity index is 0.961. The number of aromatic nitrogens is 3. The molecule has 0 bridgehead atoms. The molecule has 11 rings (SSSR count). The third-order valence-electron chi connectivity index (χ3n) is 13.0. The maximum atomic E-state index is 5.03. The van der Waals surface area contributed by atoms with E-state index in [-0.39, 0.29) is 17.3 Å². The zero-order valence-corrected chi connectivity index (χ0v) is 35.9. The van der Waals surface area contributed by atoms with E-state index in [0.29, 0.717) is 17.5 Å². The van der Waals surface area contributed by atoms with Crippen molar-refractivity contribution in [1.82, 2.24) is 15.0 Å². The number of nitrogens with zero attached hydrogens (tertiary/aromatic N) is 4. The Bertz CT molecular complexity index is 3120. The van der Waals surface area contributed by atoms with Crippen LogP contribution in [0.4, 0.5) is 17.1 Å². The number of para-hydroxylation sites is 1. The second-order valence-electron chi connectivity index (χ2n) is 17.3. The lowest BCUT2D eigenvalue weighted by Crippen LogP contribution is -2.25. The average molecular weight is 823 g/mol. The molecule has 9 aromatic rings. The van der Waals surface area contributed by atoms with E-state index < -0.39 is 0 Å². The summed E-state index contributed by atoms with van der Waals surface area (Å²) < 4.78 is 0. The molecule has 2 unspecified atom stereocenters. The summed E-state index contributed by atoms with van der Waals surface area (Å²) in [5.41, 5.74) is 16.1. The van der Waals surface area contributed by atoms with Crippen molar-refractivity contribution in [2.75, 3.05) is 4.90 Å². The highest BCUT2D eigenvalue weighted by Gasteiger charge is 2.45. The minimum absolute atomic E-state index is 0.0976. The van der Waals surface area contributed by atoms with Crippen LogP contribution in [0, 0.1) is 5.92 Å². The molecular weight excluding hydrogens is 777 g/mol. The van der Waals surface area contributed by atoms with E-state index in [4.69, 9.17) is 15.0 Å². The summed E-state index contributed by atoms with van der Waals surface area (Å²) in [6.45, 7) is 4.82. The van der Waals surface area contributed by atoms with E-state index in [0.717, 1.165) is 39.3 Å². The van der Waals surface area contributed by atoms with Crippen molar-refractivity contribution in [1.29, 1.82) is 0 Å². The zero-order valence-electron chi connectivity index (χ0n) is 35.9. The lowest BCUT2D eigenvalue weighted by atomic mass is 9.73. The van der Waals surface area contributed by atoms with Crippen LogP contribution in [-0.2, 0) is 5.41 Å². The molecule has 1 aromatic heterocycles. The molecule has 4 nitrogen and oxygen atoms in total. The Morgan fingerprint density at radius 1 is 0.422 bits per heavy atom. The summed E-state index contributed by atoms with van der Waals surface area (Å²) in [6.07, 6.45) is 7.26. The van der Waals surface area contributed by atoms with E-state index in [1.54, 1.807) is 0 Å². The minimum Gasteiger partial charge on any atom is -0.310 e. The van der Waals surface area contributed by atoms with Crippen molar-refractivity contribution < 1.29 is 0 Å². The van der Waals surface area contributed by atoms with Gasteiger partial charge in [-0.2, -0.15) is 0 Å². The van der Waals surface area contributed by atoms with Crippen LogP contribution in [0.5, 0.6) is 0 Å². The van der Waals surface area contributed by atoms with Crippen molar-refractivity contribution >= 4 is 22.6 Å². The third kappa shape index (κ3) is 7.23. The Kier molecular flexibility index (Phi) is 9.97. The number of benzene rings is 8. The first kappa shape index (κ1) is 38.9. The topological polar surface area (TPSA) is 41.9 Å². The quantitative estimate of drug-likeness (QED) is 0.145. The molecule has 0 saturated carbocycles. The van der Waals surface area contributed by atoms with E-state index in [1.165, 1.54) is 39.0 Å². The van der Waals surface area contributed by atoms with Crippen LogP contribution >= 0.6 is 0 Å². The molecule has 2 aliphatic rings. The maximum absolute atomic E-state index is 5.03. The first-order valence-corrected chi connectivity index (χ1v) is 22.1. The normalized spacial score (nSPS) is 15.8. The predicted octanol–water partition coefficient (Wildman–Crippen LogP) is 15.3. The number of hydrogen-bond donors (Lipinski definition) is 0. The molecule has 0 N–H and O–H groups in total. The van der Waals surface area contributed by atoms with Gasteiger partial charge < -0.3 is 4.90 Å². The van der Waals surface area contributed by atoms with Crippen molar-refractivity contribution in [2.45, 2.75) is 25.2 Å². The van der Waals surface area contributed by atoms with Crippen molar-refractivity contribution in [2.24, 2.45) is 5.92 Å². The second kappa shape index (κ2) is 16.4. The lowest BCUT2D eigenvalue weighted by Gasteiger charge is -2.31. The van der Waals surface area contributed by atoms with Crippen molar-refractivity contribution in [3.8, 4) is 56.4 Å². The Morgan fingerprint density at radius 2 is 0.922 bits per heavy atom. The molecule has 0 amide bonds. The summed E-state index contributed by atoms with van der Waals surface area (Å²) in [6, 6.07) is 75.2. The third-order valence-corrected chi connectivity index (χ3v) is 13.0. The molecule has 0 fully saturated rings. The van der Waals surface area contributed by atoms with Crippen LogP contribution < -0.4 is 4.90 Å². The molecule has 64 heavy (non-hydrogen) atoms. The first-order valence-electron chi connectivity index (χ1n) is 22.1. The summed E-state index contributed by atoms with van der Waals surface area (Å²) in [7, 11) is 0. The highest BCUT2D eigenvalue weighted by Crippen LogP contribution is 2.56. The fourth-order valence-electron chi connectivity index (χ4n) is 9.72. The van der Waals surface area contributed by atoms with Gasteiger partial charge in [-0.05, 0) is 86.7 Å². The summed E-state index contributed by atoms with van der Waals surface area (Å²) in [4.78, 5) is 17.4. The zero-order chi connectivity index (χ0) is 43.0. The second-order valence-corrected chi connectivity index (χ2v) is 17.3. The van der Waals surface area contributed by atoms with Crippen LogP contribution in [0.3, 0.4) is 0 Å². The molecule has 0 aliphatic heterocycles. The molecule has 1 heterocycles. The summed E-state index contributed by atoms with van der Waals surface area (Å²) >= 11 is 0. The molecule has 2 aliphatic carbocycles. The monoisotopic (exact) mass is 822 g/mol. The van der Waals surface area contributed by atoms with Crippen molar-refractivity contribution in [3.05, 3.63) is 247 Å². The SMILES string of the molecule is CC1(C)c2ccc(N(c3ccc(-c4ccccc4)cc3)c3ccccc3-c3ccccc3)cc2C2C=CC(c3cccc(-c4nc(-c5ccccc5)nc(-c5ccccc5)n4)c3)=CC21. The molecule has 0 spiro atoms. The van der Waals surface area contributed by atoms with Gasteiger partial charge in [-0.1, -0.05) is 208 Å². The van der Waals surface area contributed by atoms with Gasteiger partial charge in [0.15, 0.2) is 17.5 Å². The largest absolute Gasteiger partial charge is 0.310 e. The van der Waals surface area contributed by atoms with Gasteiger partial charge in [0, 0.05) is 39.5 Å². The average Bonchev–Trinajstić information content (AvgIpc) is 3.59. The van der Waals surface area contributed by atoms with Gasteiger partial charge in [-0.25, -0.2) is 15.0 Å². The number of allylic oxidation sites excluding steroid dienone is 4. The maximum Gasteiger partial charge on any atom is 0.164 e. The number of rotatable bonds is 9. The van der Waals surface area contributed by atoms with Crippen LogP contribution in [0.1, 0.15) is 36.5 Å². The highest BCUT2D eigenvalue weighted by atomic mass is 15.1. The van der Waals surface area contributed by atoms with Gasteiger partial charge >= 0.3 is 0 Å². The standard InChI is InChI=1S/C60H46N4/c1-60(2)54-37-35-50(64(49-33-30-42(31-34-49)41-18-7-3-8-19-41)56-29-16-15-28-51(56)43-20-9-4-10-21-43)40-53(54)52-36-32-47(39-55(52)60)46-26-17-27-48(38-46)59-62-57(44-22-11-5-12-23-44)61-58(63-59)45-24-13-6-14-25-45/h3-40,52,55H,1-2H3. The fraction of sp³-hybridized carbons (Fsp3) is 0.0833. The van der Waals surface area contributed by atoms with Crippen LogP contribution in [0.15, 0.2) is 231 Å². The smallest absolute Gasteiger partial charge is 0.164 e. The van der Waals surface area contributed by atoms with Gasteiger partial charge in [0.25, 0.3) is 0 Å². The van der Waals surface area contributed by atoms with Crippen LogP contribution in [0.25, 0.3) is 62.0 Å².